The fourth-order valence-corrected chi connectivity index (χ4v) is 2.60. The number of hydrogen-bond donors (Lipinski definition) is 1. The summed E-state index contributed by atoms with van der Waals surface area (Å²) in [4.78, 5) is 14.7. The highest BCUT2D eigenvalue weighted by Gasteiger charge is 2.36. The van der Waals surface area contributed by atoms with Gasteiger partial charge in [0, 0.05) is 17.8 Å². The van der Waals surface area contributed by atoms with Crippen molar-refractivity contribution in [2.45, 2.75) is 25.6 Å². The van der Waals surface area contributed by atoms with Crippen LogP contribution < -0.4 is 0 Å². The molecule has 4 nitrogen and oxygen atoms in total. The standard InChI is InChI=1S/C14H11F3N2O2/c1-7-4-9-5-8(13(20)21)2-3-10(9)12-18-11(6-19(7)12)14(15,16)17/h2-3,5-7H,4H2,1H3,(H,20,21). The van der Waals surface area contributed by atoms with E-state index in [0.29, 0.717) is 17.5 Å². The molecule has 0 amide bonds. The van der Waals surface area contributed by atoms with Crippen molar-refractivity contribution in [2.75, 3.05) is 0 Å². The van der Waals surface area contributed by atoms with E-state index in [1.165, 1.54) is 22.8 Å². The summed E-state index contributed by atoms with van der Waals surface area (Å²) >= 11 is 0. The fourth-order valence-electron chi connectivity index (χ4n) is 2.60. The van der Waals surface area contributed by atoms with Crippen LogP contribution in [0.5, 0.6) is 0 Å². The number of carboxylic acid groups (broad SMARTS) is 1. The molecule has 2 heterocycles. The second-order valence-corrected chi connectivity index (χ2v) is 5.09. The molecule has 0 saturated heterocycles. The Balaban J connectivity index is 2.17. The first-order valence-electron chi connectivity index (χ1n) is 6.30. The van der Waals surface area contributed by atoms with Gasteiger partial charge in [0.2, 0.25) is 0 Å². The van der Waals surface area contributed by atoms with E-state index in [2.05, 4.69) is 4.98 Å². The molecule has 1 atom stereocenters. The van der Waals surface area contributed by atoms with E-state index >= 15 is 0 Å². The predicted octanol–water partition coefficient (Wildman–Crippen LogP) is 3.38. The molecule has 0 aliphatic carbocycles. The van der Waals surface area contributed by atoms with Crippen LogP contribution >= 0.6 is 0 Å². The van der Waals surface area contributed by atoms with Gasteiger partial charge in [0.1, 0.15) is 5.82 Å². The van der Waals surface area contributed by atoms with Gasteiger partial charge in [0.25, 0.3) is 0 Å². The zero-order valence-electron chi connectivity index (χ0n) is 11.0. The quantitative estimate of drug-likeness (QED) is 0.877. The third kappa shape index (κ3) is 2.18. The van der Waals surface area contributed by atoms with Crippen LogP contribution in [0, 0.1) is 0 Å². The lowest BCUT2D eigenvalue weighted by Crippen LogP contribution is -2.16. The lowest BCUT2D eigenvalue weighted by molar-refractivity contribution is -0.140. The van der Waals surface area contributed by atoms with Gasteiger partial charge >= 0.3 is 12.1 Å². The number of benzene rings is 1. The van der Waals surface area contributed by atoms with Crippen molar-refractivity contribution in [3.05, 3.63) is 41.2 Å². The van der Waals surface area contributed by atoms with Crippen LogP contribution in [0.15, 0.2) is 24.4 Å². The van der Waals surface area contributed by atoms with E-state index in [1.807, 2.05) is 0 Å². The number of imidazole rings is 1. The first-order chi connectivity index (χ1) is 9.77. The monoisotopic (exact) mass is 296 g/mol. The Bertz CT molecular complexity index is 734. The van der Waals surface area contributed by atoms with Crippen LogP contribution in [0.2, 0.25) is 0 Å². The number of aromatic carboxylic acids is 1. The molecule has 1 N–H and O–H groups in total. The first-order valence-corrected chi connectivity index (χ1v) is 6.30. The molecule has 2 aromatic rings. The highest BCUT2D eigenvalue weighted by molar-refractivity contribution is 5.89. The molecule has 0 radical (unpaired) electrons. The third-order valence-electron chi connectivity index (χ3n) is 3.61. The second-order valence-electron chi connectivity index (χ2n) is 5.09. The van der Waals surface area contributed by atoms with Crippen molar-refractivity contribution in [2.24, 2.45) is 0 Å². The fraction of sp³-hybridized carbons (Fsp3) is 0.286. The van der Waals surface area contributed by atoms with E-state index in [9.17, 15) is 18.0 Å². The summed E-state index contributed by atoms with van der Waals surface area (Å²) in [6.45, 7) is 1.78. The Labute approximate surface area is 117 Å². The smallest absolute Gasteiger partial charge is 0.434 e. The minimum Gasteiger partial charge on any atom is -0.478 e. The Morgan fingerprint density at radius 1 is 1.43 bits per heavy atom. The average Bonchev–Trinajstić information content (AvgIpc) is 2.83. The molecule has 1 aromatic heterocycles. The van der Waals surface area contributed by atoms with Crippen LogP contribution in [-0.2, 0) is 12.6 Å². The molecule has 3 rings (SSSR count). The molecule has 1 aromatic carbocycles. The molecular weight excluding hydrogens is 285 g/mol. The van der Waals surface area contributed by atoms with Gasteiger partial charge < -0.3 is 9.67 Å². The van der Waals surface area contributed by atoms with Crippen molar-refractivity contribution in [1.29, 1.82) is 0 Å². The van der Waals surface area contributed by atoms with E-state index < -0.39 is 17.8 Å². The Hall–Kier alpha value is -2.31. The number of hydrogen-bond acceptors (Lipinski definition) is 2. The van der Waals surface area contributed by atoms with Crippen molar-refractivity contribution >= 4 is 5.97 Å². The van der Waals surface area contributed by atoms with Gasteiger partial charge in [-0.2, -0.15) is 13.2 Å². The van der Waals surface area contributed by atoms with E-state index in [4.69, 9.17) is 5.11 Å². The Morgan fingerprint density at radius 2 is 2.14 bits per heavy atom. The van der Waals surface area contributed by atoms with Gasteiger partial charge in [-0.05, 0) is 31.0 Å². The number of carbonyl (C=O) groups is 1. The zero-order valence-corrected chi connectivity index (χ0v) is 11.0. The average molecular weight is 296 g/mol. The summed E-state index contributed by atoms with van der Waals surface area (Å²) in [5.74, 6) is -0.830. The van der Waals surface area contributed by atoms with Gasteiger partial charge in [-0.25, -0.2) is 9.78 Å². The highest BCUT2D eigenvalue weighted by Crippen LogP contribution is 2.38. The maximum Gasteiger partial charge on any atom is 0.434 e. The van der Waals surface area contributed by atoms with Crippen LogP contribution in [0.4, 0.5) is 13.2 Å². The molecule has 1 aliphatic rings. The number of rotatable bonds is 1. The van der Waals surface area contributed by atoms with Crippen LogP contribution in [-0.4, -0.2) is 20.6 Å². The Morgan fingerprint density at radius 3 is 2.76 bits per heavy atom. The van der Waals surface area contributed by atoms with Gasteiger partial charge in [-0.1, -0.05) is 6.07 Å². The van der Waals surface area contributed by atoms with Crippen LogP contribution in [0.25, 0.3) is 11.4 Å². The molecule has 0 bridgehead atoms. The molecule has 1 unspecified atom stereocenters. The largest absolute Gasteiger partial charge is 0.478 e. The van der Waals surface area contributed by atoms with Crippen molar-refractivity contribution in [3.8, 4) is 11.4 Å². The van der Waals surface area contributed by atoms with Crippen LogP contribution in [0.3, 0.4) is 0 Å². The first kappa shape index (κ1) is 13.7. The number of alkyl halides is 3. The van der Waals surface area contributed by atoms with Crippen molar-refractivity contribution in [1.82, 2.24) is 9.55 Å². The predicted molar refractivity (Wildman–Crippen MR) is 68.0 cm³/mol. The van der Waals surface area contributed by atoms with Gasteiger partial charge in [-0.15, -0.1) is 0 Å². The second kappa shape index (κ2) is 4.34. The Kier molecular flexibility index (Phi) is 2.82. The van der Waals surface area contributed by atoms with Gasteiger partial charge in [0.05, 0.1) is 5.56 Å². The van der Waals surface area contributed by atoms with Crippen LogP contribution in [0.1, 0.15) is 34.6 Å². The topological polar surface area (TPSA) is 55.1 Å². The molecule has 0 saturated carbocycles. The molecule has 21 heavy (non-hydrogen) atoms. The molecular formula is C14H11F3N2O2. The van der Waals surface area contributed by atoms with Gasteiger partial charge in [-0.3, -0.25) is 0 Å². The summed E-state index contributed by atoms with van der Waals surface area (Å²) in [6.07, 6.45) is -3.02. The summed E-state index contributed by atoms with van der Waals surface area (Å²) in [5, 5.41) is 8.99. The lowest BCUT2D eigenvalue weighted by atomic mass is 9.94. The van der Waals surface area contributed by atoms with E-state index in [0.717, 1.165) is 6.20 Å². The summed E-state index contributed by atoms with van der Waals surface area (Å²) in [5.41, 5.74) is 0.444. The molecule has 0 fully saturated rings. The number of aromatic nitrogens is 2. The SMILES string of the molecule is CC1Cc2cc(C(=O)O)ccc2-c2nc(C(F)(F)F)cn21. The summed E-state index contributed by atoms with van der Waals surface area (Å²) in [7, 11) is 0. The maximum absolute atomic E-state index is 12.8. The number of carboxylic acids is 1. The number of fused-ring (bicyclic) bond motifs is 3. The lowest BCUT2D eigenvalue weighted by Gasteiger charge is -2.24. The zero-order chi connectivity index (χ0) is 15.4. The normalized spacial score (nSPS) is 17.2. The molecule has 1 aliphatic heterocycles. The maximum atomic E-state index is 12.8. The van der Waals surface area contributed by atoms with Crippen molar-refractivity contribution in [3.63, 3.8) is 0 Å². The third-order valence-corrected chi connectivity index (χ3v) is 3.61. The summed E-state index contributed by atoms with van der Waals surface area (Å²) in [6, 6.07) is 4.19. The van der Waals surface area contributed by atoms with Crippen molar-refractivity contribution < 1.29 is 23.1 Å². The number of nitrogens with zero attached hydrogens (tertiary/aromatic N) is 2. The molecule has 7 heteroatoms. The molecule has 0 spiro atoms. The highest BCUT2D eigenvalue weighted by atomic mass is 19.4. The minimum absolute atomic E-state index is 0.122. The van der Waals surface area contributed by atoms with Gasteiger partial charge in [0.15, 0.2) is 5.69 Å². The summed E-state index contributed by atoms with van der Waals surface area (Å²) < 4.78 is 39.9. The minimum atomic E-state index is -4.49. The number of halogens is 3. The van der Waals surface area contributed by atoms with E-state index in [1.54, 1.807) is 6.92 Å². The van der Waals surface area contributed by atoms with E-state index in [-0.39, 0.29) is 17.4 Å². The molecule has 110 valence electrons.